The quantitative estimate of drug-likeness (QED) is 0.629. The third-order valence-electron chi connectivity index (χ3n) is 9.01. The van der Waals surface area contributed by atoms with Gasteiger partial charge in [0, 0.05) is 38.3 Å². The summed E-state index contributed by atoms with van der Waals surface area (Å²) in [6.45, 7) is 12.3. The van der Waals surface area contributed by atoms with Gasteiger partial charge in [-0.1, -0.05) is 45.9 Å². The van der Waals surface area contributed by atoms with Crippen molar-refractivity contribution in [2.75, 3.05) is 19.6 Å². The molecule has 2 aromatic rings. The van der Waals surface area contributed by atoms with E-state index in [4.69, 9.17) is 0 Å². The zero-order valence-electron chi connectivity index (χ0n) is 21.4. The van der Waals surface area contributed by atoms with Gasteiger partial charge in [-0.15, -0.1) is 0 Å². The van der Waals surface area contributed by atoms with Gasteiger partial charge >= 0.3 is 0 Å². The monoisotopic (exact) mass is 477 g/mol. The van der Waals surface area contributed by atoms with E-state index in [1.807, 2.05) is 18.2 Å². The normalized spacial score (nSPS) is 31.2. The minimum absolute atomic E-state index is 0.0523. The number of carbonyl (C=O) groups is 1. The largest absolute Gasteiger partial charge is 0.508 e. The van der Waals surface area contributed by atoms with Crippen molar-refractivity contribution in [1.82, 2.24) is 15.1 Å². The molecule has 0 aromatic heterocycles. The number of aromatic hydroxyl groups is 2. The standard InChI is InChI=1S/C29H39N3O3/c1-18(2)27-17-31-15-19(3)29(4,22-6-5-7-24(33)12-22)13-23(31)16-32(27)28(35)26-11-20-8-9-25(34)10-21(20)14-30-26/h5-10,12,18-19,23,26-27,30,33-34H,11,13-17H2,1-4H3. The molecule has 0 aliphatic carbocycles. The first kappa shape index (κ1) is 24.1. The Bertz CT molecular complexity index is 1100. The Morgan fingerprint density at radius 2 is 1.83 bits per heavy atom. The smallest absolute Gasteiger partial charge is 0.240 e. The molecule has 3 N–H and O–H groups in total. The maximum Gasteiger partial charge on any atom is 0.240 e. The number of phenols is 2. The summed E-state index contributed by atoms with van der Waals surface area (Å²) < 4.78 is 0. The molecule has 35 heavy (non-hydrogen) atoms. The van der Waals surface area contributed by atoms with Gasteiger partial charge in [-0.2, -0.15) is 0 Å². The molecule has 1 amide bonds. The Labute approximate surface area is 208 Å². The van der Waals surface area contributed by atoms with Gasteiger partial charge in [0.05, 0.1) is 6.04 Å². The van der Waals surface area contributed by atoms with Gasteiger partial charge in [0.2, 0.25) is 5.91 Å². The number of amides is 1. The second kappa shape index (κ2) is 9.14. The highest BCUT2D eigenvalue weighted by molar-refractivity contribution is 5.83. The van der Waals surface area contributed by atoms with Crippen molar-refractivity contribution in [3.8, 4) is 11.5 Å². The van der Waals surface area contributed by atoms with Crippen molar-refractivity contribution in [2.45, 2.75) is 70.6 Å². The predicted molar refractivity (Wildman–Crippen MR) is 137 cm³/mol. The molecule has 188 valence electrons. The number of carbonyl (C=O) groups excluding carboxylic acids is 1. The van der Waals surface area contributed by atoms with Crippen molar-refractivity contribution in [3.63, 3.8) is 0 Å². The van der Waals surface area contributed by atoms with Crippen LogP contribution in [0.1, 0.15) is 50.8 Å². The molecule has 6 nitrogen and oxygen atoms in total. The van der Waals surface area contributed by atoms with E-state index in [9.17, 15) is 15.0 Å². The summed E-state index contributed by atoms with van der Waals surface area (Å²) in [5.41, 5.74) is 3.34. The highest BCUT2D eigenvalue weighted by atomic mass is 16.3. The first-order chi connectivity index (χ1) is 16.7. The van der Waals surface area contributed by atoms with E-state index in [0.29, 0.717) is 36.6 Å². The minimum Gasteiger partial charge on any atom is -0.508 e. The van der Waals surface area contributed by atoms with Crippen LogP contribution in [0, 0.1) is 11.8 Å². The van der Waals surface area contributed by atoms with Gasteiger partial charge in [0.1, 0.15) is 11.5 Å². The van der Waals surface area contributed by atoms with E-state index >= 15 is 0 Å². The third kappa shape index (κ3) is 4.43. The molecule has 5 rings (SSSR count). The number of phenolic OH excluding ortho intramolecular Hbond substituents is 2. The average Bonchev–Trinajstić information content (AvgIpc) is 2.83. The molecule has 2 saturated heterocycles. The molecule has 5 atom stereocenters. The second-order valence-electron chi connectivity index (χ2n) is 11.6. The number of rotatable bonds is 3. The van der Waals surface area contributed by atoms with Crippen LogP contribution in [0.5, 0.6) is 11.5 Å². The van der Waals surface area contributed by atoms with Crippen LogP contribution in [0.3, 0.4) is 0 Å². The third-order valence-corrected chi connectivity index (χ3v) is 9.01. The van der Waals surface area contributed by atoms with Gasteiger partial charge in [0.15, 0.2) is 0 Å². The Morgan fingerprint density at radius 1 is 1.06 bits per heavy atom. The molecule has 0 radical (unpaired) electrons. The molecule has 2 fully saturated rings. The van der Waals surface area contributed by atoms with Crippen molar-refractivity contribution in [3.05, 3.63) is 59.2 Å². The molecular weight excluding hydrogens is 438 g/mol. The lowest BCUT2D eigenvalue weighted by molar-refractivity contribution is -0.144. The van der Waals surface area contributed by atoms with Crippen LogP contribution in [-0.2, 0) is 23.2 Å². The van der Waals surface area contributed by atoms with Gasteiger partial charge < -0.3 is 20.4 Å². The van der Waals surface area contributed by atoms with Crippen LogP contribution in [0.4, 0.5) is 0 Å². The first-order valence-electron chi connectivity index (χ1n) is 13.0. The van der Waals surface area contributed by atoms with Crippen LogP contribution >= 0.6 is 0 Å². The maximum atomic E-state index is 13.9. The first-order valence-corrected chi connectivity index (χ1v) is 13.0. The molecule has 5 unspecified atom stereocenters. The zero-order chi connectivity index (χ0) is 24.9. The number of nitrogens with one attached hydrogen (secondary N) is 1. The Balaban J connectivity index is 1.38. The SMILES string of the molecule is CC(C)C1CN2CC(C)C(C)(c3cccc(O)c3)CC2CN1C(=O)C1Cc2ccc(O)cc2CN1. The molecule has 0 spiro atoms. The fourth-order valence-corrected chi connectivity index (χ4v) is 6.59. The number of hydrogen-bond acceptors (Lipinski definition) is 5. The summed E-state index contributed by atoms with van der Waals surface area (Å²) in [4.78, 5) is 18.7. The highest BCUT2D eigenvalue weighted by Crippen LogP contribution is 2.44. The summed E-state index contributed by atoms with van der Waals surface area (Å²) in [7, 11) is 0. The lowest BCUT2D eigenvalue weighted by Crippen LogP contribution is -2.67. The van der Waals surface area contributed by atoms with E-state index in [0.717, 1.165) is 37.2 Å². The van der Waals surface area contributed by atoms with Crippen molar-refractivity contribution in [1.29, 1.82) is 0 Å². The van der Waals surface area contributed by atoms with E-state index < -0.39 is 0 Å². The summed E-state index contributed by atoms with van der Waals surface area (Å²) >= 11 is 0. The van der Waals surface area contributed by atoms with E-state index in [1.165, 1.54) is 5.56 Å². The topological polar surface area (TPSA) is 76.0 Å². The molecule has 3 heterocycles. The van der Waals surface area contributed by atoms with E-state index in [2.05, 4.69) is 48.9 Å². The summed E-state index contributed by atoms with van der Waals surface area (Å²) in [5, 5.41) is 23.4. The molecule has 2 aromatic carbocycles. The molecule has 0 saturated carbocycles. The number of fused-ring (bicyclic) bond motifs is 2. The van der Waals surface area contributed by atoms with Crippen LogP contribution in [0.2, 0.25) is 0 Å². The molecular formula is C29H39N3O3. The van der Waals surface area contributed by atoms with Gasteiger partial charge in [0.25, 0.3) is 0 Å². The molecule has 0 bridgehead atoms. The second-order valence-corrected chi connectivity index (χ2v) is 11.6. The fraction of sp³-hybridized carbons (Fsp3) is 0.552. The number of nitrogens with zero attached hydrogens (tertiary/aromatic N) is 2. The number of piperidine rings is 1. The summed E-state index contributed by atoms with van der Waals surface area (Å²) in [6, 6.07) is 13.4. The minimum atomic E-state index is -0.236. The molecule has 6 heteroatoms. The van der Waals surface area contributed by atoms with Crippen LogP contribution < -0.4 is 5.32 Å². The zero-order valence-corrected chi connectivity index (χ0v) is 21.4. The van der Waals surface area contributed by atoms with E-state index in [1.54, 1.807) is 18.2 Å². The Morgan fingerprint density at radius 3 is 2.57 bits per heavy atom. The van der Waals surface area contributed by atoms with Crippen LogP contribution in [0.25, 0.3) is 0 Å². The van der Waals surface area contributed by atoms with Crippen molar-refractivity contribution >= 4 is 5.91 Å². The summed E-state index contributed by atoms with van der Waals surface area (Å²) in [5.74, 6) is 1.61. The fourth-order valence-electron chi connectivity index (χ4n) is 6.59. The van der Waals surface area contributed by atoms with Crippen LogP contribution in [0.15, 0.2) is 42.5 Å². The Hall–Kier alpha value is -2.57. The molecule has 3 aliphatic heterocycles. The highest BCUT2D eigenvalue weighted by Gasteiger charge is 2.48. The van der Waals surface area contributed by atoms with Gasteiger partial charge in [-0.3, -0.25) is 9.69 Å². The number of hydrogen-bond donors (Lipinski definition) is 3. The number of benzene rings is 2. The van der Waals surface area contributed by atoms with Gasteiger partial charge in [-0.05, 0) is 71.0 Å². The average molecular weight is 478 g/mol. The number of piperazine rings is 1. The van der Waals surface area contributed by atoms with Gasteiger partial charge in [-0.25, -0.2) is 0 Å². The Kier molecular flexibility index (Phi) is 6.30. The predicted octanol–water partition coefficient (Wildman–Crippen LogP) is 3.65. The lowest BCUT2D eigenvalue weighted by Gasteiger charge is -2.56. The molecule has 3 aliphatic rings. The van der Waals surface area contributed by atoms with E-state index in [-0.39, 0.29) is 29.2 Å². The van der Waals surface area contributed by atoms with Crippen molar-refractivity contribution < 1.29 is 15.0 Å². The maximum absolute atomic E-state index is 13.9. The van der Waals surface area contributed by atoms with Crippen LogP contribution in [-0.4, -0.2) is 63.7 Å². The summed E-state index contributed by atoms with van der Waals surface area (Å²) in [6.07, 6.45) is 1.62. The lowest BCUT2D eigenvalue weighted by atomic mass is 9.65. The van der Waals surface area contributed by atoms with Crippen molar-refractivity contribution in [2.24, 2.45) is 11.8 Å².